The lowest BCUT2D eigenvalue weighted by atomic mass is 9.90. The second-order valence-corrected chi connectivity index (χ2v) is 6.93. The van der Waals surface area contributed by atoms with Crippen LogP contribution in [0.1, 0.15) is 52.7 Å². The average Bonchev–Trinajstić information content (AvgIpc) is 2.93. The molecule has 2 heterocycles. The van der Waals surface area contributed by atoms with Crippen LogP contribution in [0.3, 0.4) is 0 Å². The molecule has 1 aliphatic rings. The smallest absolute Gasteiger partial charge is 0.329 e. The van der Waals surface area contributed by atoms with Crippen molar-refractivity contribution in [2.45, 2.75) is 52.0 Å². The van der Waals surface area contributed by atoms with E-state index in [2.05, 4.69) is 0 Å². The molecule has 1 aromatic heterocycles. The van der Waals surface area contributed by atoms with E-state index in [1.165, 1.54) is 0 Å². The highest BCUT2D eigenvalue weighted by atomic mass is 32.1. The first-order valence-corrected chi connectivity index (χ1v) is 7.86. The van der Waals surface area contributed by atoms with Crippen molar-refractivity contribution in [2.24, 2.45) is 0 Å². The van der Waals surface area contributed by atoms with Crippen molar-refractivity contribution >= 4 is 23.2 Å². The molecule has 0 saturated carbocycles. The van der Waals surface area contributed by atoms with Gasteiger partial charge < -0.3 is 10.0 Å². The van der Waals surface area contributed by atoms with Gasteiger partial charge in [-0.2, -0.15) is 0 Å². The van der Waals surface area contributed by atoms with Gasteiger partial charge in [-0.05, 0) is 39.2 Å². The predicted molar refractivity (Wildman–Crippen MR) is 79.3 cm³/mol. The van der Waals surface area contributed by atoms with Gasteiger partial charge in [0.25, 0.3) is 5.91 Å². The summed E-state index contributed by atoms with van der Waals surface area (Å²) in [6.45, 7) is 6.39. The molecule has 0 spiro atoms. The molecule has 0 radical (unpaired) electrons. The van der Waals surface area contributed by atoms with Gasteiger partial charge in [0.1, 0.15) is 5.54 Å². The van der Waals surface area contributed by atoms with Gasteiger partial charge in [0.15, 0.2) is 0 Å². The molecule has 110 valence electrons. The van der Waals surface area contributed by atoms with Crippen LogP contribution in [0.2, 0.25) is 0 Å². The number of carboxylic acids is 1. The SMILES string of the molecule is CCCC1(C(=O)O)CCCN1C(=O)c1cc(C)sc1C. The Morgan fingerprint density at radius 1 is 1.45 bits per heavy atom. The van der Waals surface area contributed by atoms with Crippen molar-refractivity contribution in [1.29, 1.82) is 0 Å². The Bertz CT molecular complexity index is 537. The predicted octanol–water partition coefficient (Wildman–Crippen LogP) is 3.22. The summed E-state index contributed by atoms with van der Waals surface area (Å²) < 4.78 is 0. The maximum atomic E-state index is 12.7. The summed E-state index contributed by atoms with van der Waals surface area (Å²) >= 11 is 1.58. The average molecular weight is 295 g/mol. The molecule has 1 saturated heterocycles. The molecule has 0 aromatic carbocycles. The zero-order valence-electron chi connectivity index (χ0n) is 12.2. The number of aliphatic carboxylic acids is 1. The molecule has 1 amide bonds. The first-order valence-electron chi connectivity index (χ1n) is 7.05. The van der Waals surface area contributed by atoms with E-state index in [1.807, 2.05) is 26.8 Å². The number of amides is 1. The minimum Gasteiger partial charge on any atom is -0.479 e. The number of aryl methyl sites for hydroxylation is 2. The molecule has 2 rings (SSSR count). The molecule has 0 bridgehead atoms. The standard InChI is InChI=1S/C15H21NO3S/c1-4-6-15(14(18)19)7-5-8-16(15)13(17)12-9-10(2)20-11(12)3/h9H,4-8H2,1-3H3,(H,18,19). The third-order valence-electron chi connectivity index (χ3n) is 4.07. The summed E-state index contributed by atoms with van der Waals surface area (Å²) in [6, 6.07) is 1.87. The second-order valence-electron chi connectivity index (χ2n) is 5.47. The van der Waals surface area contributed by atoms with Gasteiger partial charge in [0.2, 0.25) is 0 Å². The fourth-order valence-corrected chi connectivity index (χ4v) is 4.08. The number of likely N-dealkylation sites (tertiary alicyclic amines) is 1. The Morgan fingerprint density at radius 2 is 2.15 bits per heavy atom. The van der Waals surface area contributed by atoms with Crippen LogP contribution in [-0.2, 0) is 4.79 Å². The summed E-state index contributed by atoms with van der Waals surface area (Å²) in [7, 11) is 0. The van der Waals surface area contributed by atoms with Gasteiger partial charge in [-0.15, -0.1) is 11.3 Å². The zero-order valence-corrected chi connectivity index (χ0v) is 13.0. The van der Waals surface area contributed by atoms with Crippen LogP contribution in [0, 0.1) is 13.8 Å². The van der Waals surface area contributed by atoms with E-state index in [0.29, 0.717) is 24.9 Å². The Kier molecular flexibility index (Phi) is 4.18. The first kappa shape index (κ1) is 15.0. The van der Waals surface area contributed by atoms with E-state index in [0.717, 1.165) is 22.6 Å². The summed E-state index contributed by atoms with van der Waals surface area (Å²) in [5, 5.41) is 9.64. The molecule has 20 heavy (non-hydrogen) atoms. The second kappa shape index (κ2) is 5.56. The van der Waals surface area contributed by atoms with E-state index < -0.39 is 11.5 Å². The number of hydrogen-bond donors (Lipinski definition) is 1. The highest BCUT2D eigenvalue weighted by Gasteiger charge is 2.49. The molecule has 4 nitrogen and oxygen atoms in total. The highest BCUT2D eigenvalue weighted by molar-refractivity contribution is 7.12. The largest absolute Gasteiger partial charge is 0.479 e. The van der Waals surface area contributed by atoms with E-state index >= 15 is 0 Å². The van der Waals surface area contributed by atoms with Crippen molar-refractivity contribution in [3.8, 4) is 0 Å². The lowest BCUT2D eigenvalue weighted by Crippen LogP contribution is -2.53. The van der Waals surface area contributed by atoms with Crippen LogP contribution in [0.15, 0.2) is 6.07 Å². The lowest BCUT2D eigenvalue weighted by molar-refractivity contribution is -0.148. The van der Waals surface area contributed by atoms with E-state index in [1.54, 1.807) is 16.2 Å². The fourth-order valence-electron chi connectivity index (χ4n) is 3.17. The Balaban J connectivity index is 2.37. The van der Waals surface area contributed by atoms with Gasteiger partial charge in [-0.1, -0.05) is 13.3 Å². The molecule has 1 aliphatic heterocycles. The summed E-state index contributed by atoms with van der Waals surface area (Å²) in [6.07, 6.45) is 2.61. The van der Waals surface area contributed by atoms with Gasteiger partial charge in [-0.25, -0.2) is 4.79 Å². The Morgan fingerprint density at radius 3 is 2.65 bits per heavy atom. The van der Waals surface area contributed by atoms with Crippen LogP contribution >= 0.6 is 11.3 Å². The summed E-state index contributed by atoms with van der Waals surface area (Å²) in [5.74, 6) is -0.991. The third-order valence-corrected chi connectivity index (χ3v) is 5.03. The minimum absolute atomic E-state index is 0.125. The van der Waals surface area contributed by atoms with Gasteiger partial charge in [0.05, 0.1) is 5.56 Å². The number of carboxylic acid groups (broad SMARTS) is 1. The normalized spacial score (nSPS) is 22.2. The number of carbonyl (C=O) groups is 2. The maximum absolute atomic E-state index is 12.7. The summed E-state index contributed by atoms with van der Waals surface area (Å²) in [4.78, 5) is 28.1. The lowest BCUT2D eigenvalue weighted by Gasteiger charge is -2.34. The van der Waals surface area contributed by atoms with Gasteiger partial charge in [-0.3, -0.25) is 4.79 Å². The number of hydrogen-bond acceptors (Lipinski definition) is 3. The topological polar surface area (TPSA) is 57.6 Å². The third kappa shape index (κ3) is 2.35. The molecule has 5 heteroatoms. The Labute approximate surface area is 123 Å². The molecule has 1 fully saturated rings. The monoisotopic (exact) mass is 295 g/mol. The van der Waals surface area contributed by atoms with Crippen molar-refractivity contribution < 1.29 is 14.7 Å². The Hall–Kier alpha value is -1.36. The molecule has 1 unspecified atom stereocenters. The van der Waals surface area contributed by atoms with E-state index in [-0.39, 0.29) is 5.91 Å². The fraction of sp³-hybridized carbons (Fsp3) is 0.600. The van der Waals surface area contributed by atoms with Crippen LogP contribution in [0.5, 0.6) is 0 Å². The molecule has 0 aliphatic carbocycles. The number of carbonyl (C=O) groups excluding carboxylic acids is 1. The summed E-state index contributed by atoms with van der Waals surface area (Å²) in [5.41, 5.74) is -0.343. The number of nitrogens with zero attached hydrogens (tertiary/aromatic N) is 1. The number of rotatable bonds is 4. The van der Waals surface area contributed by atoms with Crippen LogP contribution < -0.4 is 0 Å². The van der Waals surface area contributed by atoms with Crippen molar-refractivity contribution in [3.05, 3.63) is 21.4 Å². The van der Waals surface area contributed by atoms with Crippen LogP contribution in [0.25, 0.3) is 0 Å². The molecule has 1 N–H and O–H groups in total. The number of thiophene rings is 1. The van der Waals surface area contributed by atoms with E-state index in [9.17, 15) is 14.7 Å². The first-order chi connectivity index (χ1) is 9.42. The quantitative estimate of drug-likeness (QED) is 0.928. The van der Waals surface area contributed by atoms with Crippen molar-refractivity contribution in [1.82, 2.24) is 4.90 Å². The van der Waals surface area contributed by atoms with Crippen molar-refractivity contribution in [2.75, 3.05) is 6.54 Å². The minimum atomic E-state index is -1.01. The van der Waals surface area contributed by atoms with Crippen LogP contribution in [-0.4, -0.2) is 34.0 Å². The van der Waals surface area contributed by atoms with Crippen LogP contribution in [0.4, 0.5) is 0 Å². The molecular weight excluding hydrogens is 274 g/mol. The van der Waals surface area contributed by atoms with Gasteiger partial charge in [0, 0.05) is 16.3 Å². The highest BCUT2D eigenvalue weighted by Crippen LogP contribution is 2.36. The van der Waals surface area contributed by atoms with Crippen molar-refractivity contribution in [3.63, 3.8) is 0 Å². The molecular formula is C15H21NO3S. The molecule has 1 aromatic rings. The molecule has 1 atom stereocenters. The zero-order chi connectivity index (χ0) is 14.9. The maximum Gasteiger partial charge on any atom is 0.329 e. The van der Waals surface area contributed by atoms with Gasteiger partial charge >= 0.3 is 5.97 Å². The van der Waals surface area contributed by atoms with E-state index in [4.69, 9.17) is 0 Å².